The smallest absolute Gasteiger partial charge is 0.202 e. The number of aliphatic hydroxyl groups excluding tert-OH is 1. The van der Waals surface area contributed by atoms with E-state index in [2.05, 4.69) is 28.5 Å². The van der Waals surface area contributed by atoms with Gasteiger partial charge in [0.2, 0.25) is 5.13 Å². The molecule has 0 spiro atoms. The molecule has 0 amide bonds. The van der Waals surface area contributed by atoms with Crippen molar-refractivity contribution in [3.8, 4) is 0 Å². The van der Waals surface area contributed by atoms with Crippen LogP contribution >= 0.6 is 11.5 Å². The van der Waals surface area contributed by atoms with Gasteiger partial charge in [-0.1, -0.05) is 26.7 Å². The molecule has 17 heavy (non-hydrogen) atoms. The summed E-state index contributed by atoms with van der Waals surface area (Å²) < 4.78 is 4.34. The van der Waals surface area contributed by atoms with Crippen LogP contribution in [0.15, 0.2) is 0 Å². The minimum Gasteiger partial charge on any atom is -0.396 e. The molecule has 1 heterocycles. The predicted octanol–water partition coefficient (Wildman–Crippen LogP) is 2.62. The lowest BCUT2D eigenvalue weighted by molar-refractivity contribution is 0.178. The number of aliphatic hydroxyl groups is 1. The van der Waals surface area contributed by atoms with Gasteiger partial charge in [-0.15, -0.1) is 0 Å². The predicted molar refractivity (Wildman–Crippen MR) is 70.5 cm³/mol. The number of anilines is 1. The Labute approximate surface area is 107 Å². The molecule has 2 atom stereocenters. The van der Waals surface area contributed by atoms with E-state index in [1.807, 2.05) is 0 Å². The average Bonchev–Trinajstić information content (AvgIpc) is 2.78. The Morgan fingerprint density at radius 3 is 2.82 bits per heavy atom. The summed E-state index contributed by atoms with van der Waals surface area (Å²) in [5.41, 5.74) is 0. The van der Waals surface area contributed by atoms with E-state index in [1.54, 1.807) is 0 Å². The molecule has 1 aromatic rings. The van der Waals surface area contributed by atoms with E-state index in [0.29, 0.717) is 17.9 Å². The maximum Gasteiger partial charge on any atom is 0.202 e. The fourth-order valence-corrected chi connectivity index (χ4v) is 3.07. The van der Waals surface area contributed by atoms with Gasteiger partial charge in [0.25, 0.3) is 0 Å². The highest BCUT2D eigenvalue weighted by Crippen LogP contribution is 2.28. The van der Waals surface area contributed by atoms with E-state index < -0.39 is 0 Å². The molecule has 0 bridgehead atoms. The molecule has 96 valence electrons. The Bertz CT molecular complexity index is 353. The lowest BCUT2D eigenvalue weighted by atomic mass is 9.85. The molecule has 5 heteroatoms. The summed E-state index contributed by atoms with van der Waals surface area (Å²) in [6.07, 6.45) is 4.71. The molecule has 2 rings (SSSR count). The van der Waals surface area contributed by atoms with Gasteiger partial charge in [-0.25, -0.2) is 4.98 Å². The Morgan fingerprint density at radius 2 is 2.18 bits per heavy atom. The lowest BCUT2D eigenvalue weighted by Gasteiger charge is -2.30. The quantitative estimate of drug-likeness (QED) is 0.868. The number of nitrogens with one attached hydrogen (secondary N) is 1. The number of hydrogen-bond donors (Lipinski definition) is 2. The third-order valence-electron chi connectivity index (χ3n) is 3.41. The SMILES string of the molecule is CC(C)c1nsc(NC2CCCCC2CO)n1. The van der Waals surface area contributed by atoms with Crippen molar-refractivity contribution in [3.63, 3.8) is 0 Å². The van der Waals surface area contributed by atoms with Crippen molar-refractivity contribution in [2.45, 2.75) is 51.5 Å². The number of rotatable bonds is 4. The molecule has 0 aliphatic heterocycles. The van der Waals surface area contributed by atoms with E-state index in [-0.39, 0.29) is 6.61 Å². The molecule has 1 aliphatic carbocycles. The van der Waals surface area contributed by atoms with Gasteiger partial charge in [0.1, 0.15) is 5.82 Å². The van der Waals surface area contributed by atoms with Crippen LogP contribution in [0.25, 0.3) is 0 Å². The standard InChI is InChI=1S/C12H21N3OS/c1-8(2)11-14-12(17-15-11)13-10-6-4-3-5-9(10)7-16/h8-10,16H,3-7H2,1-2H3,(H,13,14,15). The van der Waals surface area contributed by atoms with Crippen molar-refractivity contribution in [1.82, 2.24) is 9.36 Å². The first kappa shape index (κ1) is 12.8. The molecule has 1 aromatic heterocycles. The minimum atomic E-state index is 0.271. The van der Waals surface area contributed by atoms with Crippen LogP contribution in [0, 0.1) is 5.92 Å². The molecule has 2 unspecified atom stereocenters. The second kappa shape index (κ2) is 5.78. The van der Waals surface area contributed by atoms with Crippen molar-refractivity contribution in [1.29, 1.82) is 0 Å². The zero-order valence-corrected chi connectivity index (χ0v) is 11.3. The van der Waals surface area contributed by atoms with Crippen LogP contribution in [-0.4, -0.2) is 27.1 Å². The number of hydrogen-bond acceptors (Lipinski definition) is 5. The molecular weight excluding hydrogens is 234 g/mol. The highest BCUT2D eigenvalue weighted by molar-refractivity contribution is 7.09. The van der Waals surface area contributed by atoms with Gasteiger partial charge in [-0.2, -0.15) is 4.37 Å². The van der Waals surface area contributed by atoms with Gasteiger partial charge in [-0.3, -0.25) is 0 Å². The van der Waals surface area contributed by atoms with Gasteiger partial charge in [0.15, 0.2) is 0 Å². The summed E-state index contributed by atoms with van der Waals surface area (Å²) in [5.74, 6) is 1.66. The van der Waals surface area contributed by atoms with Crippen LogP contribution in [-0.2, 0) is 0 Å². The number of aromatic nitrogens is 2. The van der Waals surface area contributed by atoms with Crippen molar-refractivity contribution < 1.29 is 5.11 Å². The Morgan fingerprint density at radius 1 is 1.41 bits per heavy atom. The highest BCUT2D eigenvalue weighted by atomic mass is 32.1. The molecule has 0 saturated heterocycles. The van der Waals surface area contributed by atoms with E-state index in [9.17, 15) is 5.11 Å². The van der Waals surface area contributed by atoms with Crippen molar-refractivity contribution in [3.05, 3.63) is 5.82 Å². The molecule has 1 fully saturated rings. The summed E-state index contributed by atoms with van der Waals surface area (Å²) in [5, 5.41) is 13.7. The molecule has 4 nitrogen and oxygen atoms in total. The molecule has 0 radical (unpaired) electrons. The Hall–Kier alpha value is -0.680. The zero-order valence-electron chi connectivity index (χ0n) is 10.5. The van der Waals surface area contributed by atoms with E-state index in [4.69, 9.17) is 0 Å². The first-order chi connectivity index (χ1) is 8.20. The van der Waals surface area contributed by atoms with Gasteiger partial charge in [-0.05, 0) is 12.8 Å². The number of nitrogens with zero attached hydrogens (tertiary/aromatic N) is 2. The van der Waals surface area contributed by atoms with Crippen LogP contribution in [0.5, 0.6) is 0 Å². The van der Waals surface area contributed by atoms with Crippen molar-refractivity contribution in [2.24, 2.45) is 5.92 Å². The monoisotopic (exact) mass is 255 g/mol. The maximum absolute atomic E-state index is 9.36. The summed E-state index contributed by atoms with van der Waals surface area (Å²) in [7, 11) is 0. The highest BCUT2D eigenvalue weighted by Gasteiger charge is 2.25. The normalized spacial score (nSPS) is 25.2. The summed E-state index contributed by atoms with van der Waals surface area (Å²) in [4.78, 5) is 4.49. The zero-order chi connectivity index (χ0) is 12.3. The van der Waals surface area contributed by atoms with Gasteiger partial charge < -0.3 is 10.4 Å². The maximum atomic E-state index is 9.36. The Balaban J connectivity index is 1.98. The van der Waals surface area contributed by atoms with E-state index in [1.165, 1.54) is 24.4 Å². The third kappa shape index (κ3) is 3.16. The van der Waals surface area contributed by atoms with Gasteiger partial charge in [0.05, 0.1) is 0 Å². The average molecular weight is 255 g/mol. The second-order valence-electron chi connectivity index (χ2n) is 5.09. The molecule has 0 aromatic carbocycles. The summed E-state index contributed by atoms with van der Waals surface area (Å²) in [6, 6.07) is 0.363. The van der Waals surface area contributed by atoms with Crippen LogP contribution in [0.4, 0.5) is 5.13 Å². The lowest BCUT2D eigenvalue weighted by Crippen LogP contribution is -2.34. The first-order valence-corrected chi connectivity index (χ1v) is 7.19. The molecular formula is C12H21N3OS. The minimum absolute atomic E-state index is 0.271. The van der Waals surface area contributed by atoms with Crippen LogP contribution in [0.1, 0.15) is 51.3 Å². The van der Waals surface area contributed by atoms with Gasteiger partial charge in [0, 0.05) is 36.0 Å². The first-order valence-electron chi connectivity index (χ1n) is 6.41. The topological polar surface area (TPSA) is 58.0 Å². The van der Waals surface area contributed by atoms with E-state index in [0.717, 1.165) is 23.8 Å². The molecule has 1 aliphatic rings. The van der Waals surface area contributed by atoms with E-state index >= 15 is 0 Å². The fourth-order valence-electron chi connectivity index (χ4n) is 2.30. The largest absolute Gasteiger partial charge is 0.396 e. The molecule has 1 saturated carbocycles. The van der Waals surface area contributed by atoms with Crippen molar-refractivity contribution >= 4 is 16.7 Å². The second-order valence-corrected chi connectivity index (χ2v) is 5.84. The van der Waals surface area contributed by atoms with Gasteiger partial charge >= 0.3 is 0 Å². The van der Waals surface area contributed by atoms with Crippen LogP contribution in [0.3, 0.4) is 0 Å². The Kier molecular flexibility index (Phi) is 4.34. The molecule has 2 N–H and O–H groups in total. The van der Waals surface area contributed by atoms with Crippen molar-refractivity contribution in [2.75, 3.05) is 11.9 Å². The fraction of sp³-hybridized carbons (Fsp3) is 0.833. The summed E-state index contributed by atoms with van der Waals surface area (Å²) >= 11 is 1.43. The van der Waals surface area contributed by atoms with Crippen LogP contribution in [0.2, 0.25) is 0 Å². The summed E-state index contributed by atoms with van der Waals surface area (Å²) in [6.45, 7) is 4.47. The van der Waals surface area contributed by atoms with Crippen LogP contribution < -0.4 is 5.32 Å². The third-order valence-corrected chi connectivity index (χ3v) is 4.07.